The number of carbonyl (C=O) groups excluding carboxylic acids is 1. The Bertz CT molecular complexity index is 1130. The molecule has 0 fully saturated rings. The molecule has 1 amide bonds. The average molecular weight is 433 g/mol. The van der Waals surface area contributed by atoms with Gasteiger partial charge in [-0.15, -0.1) is 0 Å². The van der Waals surface area contributed by atoms with Gasteiger partial charge in [-0.1, -0.05) is 56.3 Å². The van der Waals surface area contributed by atoms with Crippen molar-refractivity contribution < 1.29 is 19.6 Å². The van der Waals surface area contributed by atoms with Gasteiger partial charge in [0.1, 0.15) is 5.75 Å². The number of rotatable bonds is 8. The van der Waals surface area contributed by atoms with Crippen molar-refractivity contribution in [3.8, 4) is 11.5 Å². The van der Waals surface area contributed by atoms with Gasteiger partial charge in [0.25, 0.3) is 5.91 Å². The quantitative estimate of drug-likeness (QED) is 0.315. The van der Waals surface area contributed by atoms with Crippen LogP contribution in [0.4, 0.5) is 5.69 Å². The summed E-state index contributed by atoms with van der Waals surface area (Å²) in [6.07, 6.45) is 1.24. The van der Waals surface area contributed by atoms with Crippen LogP contribution in [0.1, 0.15) is 30.5 Å². The first-order chi connectivity index (χ1) is 15.3. The first kappa shape index (κ1) is 22.5. The summed E-state index contributed by atoms with van der Waals surface area (Å²) >= 11 is 0. The Morgan fingerprint density at radius 3 is 2.41 bits per heavy atom. The standard InChI is InChI=1S/C24H23N3O5/c1-24(2,18-6-4-3-5-7-18)19-9-11-20(12-10-19)32-16-23(29)26-25-15-17-8-13-22(28)21(14-17)27(30)31/h3-15,28H,16H2,1-2H3,(H,26,29)/b25-15+. The van der Waals surface area contributed by atoms with Crippen LogP contribution in [0.15, 0.2) is 77.9 Å². The van der Waals surface area contributed by atoms with Crippen molar-refractivity contribution in [2.75, 3.05) is 6.61 Å². The zero-order chi connectivity index (χ0) is 23.1. The Labute approximate surface area is 185 Å². The molecule has 164 valence electrons. The Morgan fingerprint density at radius 2 is 1.75 bits per heavy atom. The summed E-state index contributed by atoms with van der Waals surface area (Å²) in [5, 5.41) is 24.0. The second kappa shape index (κ2) is 9.74. The van der Waals surface area contributed by atoms with E-state index in [1.807, 2.05) is 42.5 Å². The lowest BCUT2D eigenvalue weighted by molar-refractivity contribution is -0.385. The Balaban J connectivity index is 1.54. The number of nitro groups is 1. The fourth-order valence-electron chi connectivity index (χ4n) is 3.12. The van der Waals surface area contributed by atoms with Gasteiger partial charge in [0.05, 0.1) is 11.1 Å². The second-order valence-corrected chi connectivity index (χ2v) is 7.60. The number of hydrogen-bond acceptors (Lipinski definition) is 6. The molecule has 32 heavy (non-hydrogen) atoms. The van der Waals surface area contributed by atoms with Crippen LogP contribution in [0.2, 0.25) is 0 Å². The third kappa shape index (κ3) is 5.48. The van der Waals surface area contributed by atoms with Gasteiger partial charge in [0.2, 0.25) is 0 Å². The number of aromatic hydroxyl groups is 1. The molecular formula is C24H23N3O5. The van der Waals surface area contributed by atoms with Crippen molar-refractivity contribution in [3.05, 3.63) is 99.6 Å². The molecule has 2 N–H and O–H groups in total. The van der Waals surface area contributed by atoms with Crippen molar-refractivity contribution in [2.24, 2.45) is 5.10 Å². The van der Waals surface area contributed by atoms with Crippen LogP contribution in [-0.2, 0) is 10.2 Å². The molecule has 0 saturated heterocycles. The van der Waals surface area contributed by atoms with Crippen LogP contribution in [0.5, 0.6) is 11.5 Å². The number of amides is 1. The highest BCUT2D eigenvalue weighted by Crippen LogP contribution is 2.32. The summed E-state index contributed by atoms with van der Waals surface area (Å²) in [6, 6.07) is 21.5. The molecular weight excluding hydrogens is 410 g/mol. The predicted octanol–water partition coefficient (Wildman–Crippen LogP) is 4.16. The molecule has 0 aliphatic rings. The van der Waals surface area contributed by atoms with Crippen LogP contribution in [0.25, 0.3) is 0 Å². The molecule has 3 aromatic rings. The van der Waals surface area contributed by atoms with E-state index in [9.17, 15) is 20.0 Å². The van der Waals surface area contributed by atoms with Crippen molar-refractivity contribution >= 4 is 17.8 Å². The van der Waals surface area contributed by atoms with E-state index in [1.54, 1.807) is 0 Å². The Kier molecular flexibility index (Phi) is 6.84. The number of benzene rings is 3. The largest absolute Gasteiger partial charge is 0.502 e. The number of nitro benzene ring substituents is 1. The minimum Gasteiger partial charge on any atom is -0.502 e. The summed E-state index contributed by atoms with van der Waals surface area (Å²) in [5.74, 6) is -0.378. The van der Waals surface area contributed by atoms with E-state index in [1.165, 1.54) is 23.9 Å². The molecule has 3 aromatic carbocycles. The van der Waals surface area contributed by atoms with Crippen LogP contribution < -0.4 is 10.2 Å². The molecule has 0 spiro atoms. The fourth-order valence-corrected chi connectivity index (χ4v) is 3.12. The van der Waals surface area contributed by atoms with Gasteiger partial charge in [-0.2, -0.15) is 5.10 Å². The molecule has 0 bridgehead atoms. The molecule has 8 nitrogen and oxygen atoms in total. The van der Waals surface area contributed by atoms with E-state index in [2.05, 4.69) is 36.5 Å². The molecule has 0 atom stereocenters. The fraction of sp³-hybridized carbons (Fsp3) is 0.167. The van der Waals surface area contributed by atoms with E-state index >= 15 is 0 Å². The van der Waals surface area contributed by atoms with Crippen LogP contribution >= 0.6 is 0 Å². The number of phenolic OH excluding ortho intramolecular Hbond substituents is 1. The highest BCUT2D eigenvalue weighted by atomic mass is 16.6. The van der Waals surface area contributed by atoms with E-state index in [0.717, 1.165) is 11.6 Å². The first-order valence-electron chi connectivity index (χ1n) is 9.85. The van der Waals surface area contributed by atoms with Crippen molar-refractivity contribution in [2.45, 2.75) is 19.3 Å². The van der Waals surface area contributed by atoms with E-state index in [0.29, 0.717) is 11.3 Å². The third-order valence-corrected chi connectivity index (χ3v) is 5.04. The molecule has 3 rings (SSSR count). The molecule has 0 aliphatic carbocycles. The zero-order valence-electron chi connectivity index (χ0n) is 17.7. The summed E-state index contributed by atoms with van der Waals surface area (Å²) in [7, 11) is 0. The summed E-state index contributed by atoms with van der Waals surface area (Å²) < 4.78 is 5.50. The SMILES string of the molecule is CC(C)(c1ccccc1)c1ccc(OCC(=O)N/N=C/c2ccc(O)c([N+](=O)[O-])c2)cc1. The van der Waals surface area contributed by atoms with Gasteiger partial charge in [-0.25, -0.2) is 5.43 Å². The zero-order valence-corrected chi connectivity index (χ0v) is 17.7. The lowest BCUT2D eigenvalue weighted by Crippen LogP contribution is -2.24. The number of hydrogen-bond donors (Lipinski definition) is 2. The minimum atomic E-state index is -0.703. The number of carbonyl (C=O) groups is 1. The highest BCUT2D eigenvalue weighted by Gasteiger charge is 2.22. The summed E-state index contributed by atoms with van der Waals surface area (Å²) in [4.78, 5) is 22.1. The highest BCUT2D eigenvalue weighted by molar-refractivity contribution is 5.84. The number of hydrazone groups is 1. The number of ether oxygens (including phenoxy) is 1. The van der Waals surface area contributed by atoms with Gasteiger partial charge >= 0.3 is 5.69 Å². The van der Waals surface area contributed by atoms with Gasteiger partial charge in [-0.05, 0) is 35.4 Å². The normalized spacial score (nSPS) is 11.3. The lowest BCUT2D eigenvalue weighted by atomic mass is 9.78. The second-order valence-electron chi connectivity index (χ2n) is 7.60. The van der Waals surface area contributed by atoms with Crippen molar-refractivity contribution in [1.82, 2.24) is 5.43 Å². The van der Waals surface area contributed by atoms with Crippen molar-refractivity contribution in [3.63, 3.8) is 0 Å². The minimum absolute atomic E-state index is 0.171. The van der Waals surface area contributed by atoms with Crippen LogP contribution in [-0.4, -0.2) is 28.8 Å². The van der Waals surface area contributed by atoms with E-state index in [-0.39, 0.29) is 12.0 Å². The van der Waals surface area contributed by atoms with Gasteiger partial charge in [0, 0.05) is 17.0 Å². The molecule has 0 unspecified atom stereocenters. The number of nitrogens with zero attached hydrogens (tertiary/aromatic N) is 2. The Morgan fingerprint density at radius 1 is 1.09 bits per heavy atom. The topological polar surface area (TPSA) is 114 Å². The number of phenols is 1. The first-order valence-corrected chi connectivity index (χ1v) is 9.85. The predicted molar refractivity (Wildman–Crippen MR) is 121 cm³/mol. The van der Waals surface area contributed by atoms with Gasteiger partial charge in [-0.3, -0.25) is 14.9 Å². The maximum atomic E-state index is 11.9. The monoisotopic (exact) mass is 433 g/mol. The molecule has 0 aromatic heterocycles. The smallest absolute Gasteiger partial charge is 0.311 e. The summed E-state index contributed by atoms with van der Waals surface area (Å²) in [6.45, 7) is 4.05. The molecule has 0 radical (unpaired) electrons. The van der Waals surface area contributed by atoms with Crippen LogP contribution in [0, 0.1) is 10.1 Å². The number of nitrogens with one attached hydrogen (secondary N) is 1. The average Bonchev–Trinajstić information content (AvgIpc) is 2.79. The van der Waals surface area contributed by atoms with E-state index in [4.69, 9.17) is 4.74 Å². The van der Waals surface area contributed by atoms with Crippen molar-refractivity contribution in [1.29, 1.82) is 0 Å². The third-order valence-electron chi connectivity index (χ3n) is 5.04. The van der Waals surface area contributed by atoms with E-state index < -0.39 is 22.3 Å². The molecule has 8 heteroatoms. The lowest BCUT2D eigenvalue weighted by Gasteiger charge is -2.26. The van der Waals surface area contributed by atoms with Crippen LogP contribution in [0.3, 0.4) is 0 Å². The maximum Gasteiger partial charge on any atom is 0.311 e. The van der Waals surface area contributed by atoms with Gasteiger partial charge < -0.3 is 9.84 Å². The molecule has 0 heterocycles. The maximum absolute atomic E-state index is 11.9. The Hall–Kier alpha value is -4.20. The molecule has 0 saturated carbocycles. The molecule has 0 aliphatic heterocycles. The summed E-state index contributed by atoms with van der Waals surface area (Å²) in [5.41, 5.74) is 4.35. The van der Waals surface area contributed by atoms with Gasteiger partial charge in [0.15, 0.2) is 12.4 Å².